The van der Waals surface area contributed by atoms with Crippen LogP contribution in [0.1, 0.15) is 72.1 Å². The molecule has 2 rings (SSSR count). The Labute approximate surface area is 136 Å². The number of rotatable bonds is 7. The molecular weight excluding hydrogens is 278 g/mol. The van der Waals surface area contributed by atoms with E-state index < -0.39 is 0 Å². The van der Waals surface area contributed by atoms with Crippen LogP contribution in [0.5, 0.6) is 0 Å². The summed E-state index contributed by atoms with van der Waals surface area (Å²) in [6, 6.07) is 0.681. The van der Waals surface area contributed by atoms with Crippen molar-refractivity contribution in [1.82, 2.24) is 5.32 Å². The summed E-state index contributed by atoms with van der Waals surface area (Å²) in [6.45, 7) is 9.05. The molecule has 124 valence electrons. The molecule has 2 aliphatic rings. The van der Waals surface area contributed by atoms with Crippen LogP contribution in [0.3, 0.4) is 0 Å². The molecule has 3 heteroatoms. The highest BCUT2D eigenvalue weighted by Crippen LogP contribution is 2.42. The van der Waals surface area contributed by atoms with E-state index >= 15 is 0 Å². The van der Waals surface area contributed by atoms with Gasteiger partial charge in [-0.1, -0.05) is 40.0 Å². The van der Waals surface area contributed by atoms with Gasteiger partial charge < -0.3 is 10.1 Å². The topological polar surface area (TPSA) is 21.3 Å². The number of thioether (sulfide) groups is 1. The van der Waals surface area contributed by atoms with Crippen molar-refractivity contribution < 1.29 is 4.74 Å². The summed E-state index contributed by atoms with van der Waals surface area (Å²) >= 11 is 2.12. The maximum Gasteiger partial charge on any atom is 0.0685 e. The van der Waals surface area contributed by atoms with Crippen molar-refractivity contribution >= 4 is 11.8 Å². The molecule has 0 radical (unpaired) electrons. The van der Waals surface area contributed by atoms with Gasteiger partial charge in [-0.3, -0.25) is 0 Å². The molecule has 0 aromatic carbocycles. The van der Waals surface area contributed by atoms with Gasteiger partial charge in [0.25, 0.3) is 0 Å². The lowest BCUT2D eigenvalue weighted by molar-refractivity contribution is -0.120. The highest BCUT2D eigenvalue weighted by atomic mass is 32.2. The van der Waals surface area contributed by atoms with Gasteiger partial charge in [-0.25, -0.2) is 0 Å². The third-order valence-corrected chi connectivity index (χ3v) is 6.35. The Morgan fingerprint density at radius 3 is 2.67 bits per heavy atom. The van der Waals surface area contributed by atoms with Gasteiger partial charge in [0.2, 0.25) is 0 Å². The molecule has 2 nitrogen and oxygen atoms in total. The maximum atomic E-state index is 6.28. The van der Waals surface area contributed by atoms with Gasteiger partial charge in [0.15, 0.2) is 0 Å². The van der Waals surface area contributed by atoms with Gasteiger partial charge in [-0.2, -0.15) is 11.8 Å². The standard InChI is InChI=1S/C18H35NOS/c1-4-11-19-17(14-21-15(2)3)16-8-12-20-18(13-16)9-6-5-7-10-18/h15-17,19H,4-14H2,1-3H3. The van der Waals surface area contributed by atoms with Crippen LogP contribution in [-0.4, -0.2) is 35.8 Å². The first-order valence-corrected chi connectivity index (χ1v) is 10.2. The number of hydrogen-bond donors (Lipinski definition) is 1. The second kappa shape index (κ2) is 8.79. The monoisotopic (exact) mass is 313 g/mol. The van der Waals surface area contributed by atoms with E-state index in [9.17, 15) is 0 Å². The minimum atomic E-state index is 0.246. The zero-order chi connectivity index (χ0) is 15.1. The fourth-order valence-corrected chi connectivity index (χ4v) is 4.92. The fraction of sp³-hybridized carbons (Fsp3) is 1.00. The molecule has 1 aliphatic carbocycles. The number of ether oxygens (including phenoxy) is 1. The lowest BCUT2D eigenvalue weighted by atomic mass is 9.74. The van der Waals surface area contributed by atoms with Crippen LogP contribution in [0.2, 0.25) is 0 Å². The van der Waals surface area contributed by atoms with Crippen LogP contribution < -0.4 is 5.32 Å². The van der Waals surface area contributed by atoms with Crippen molar-refractivity contribution in [1.29, 1.82) is 0 Å². The molecule has 2 fully saturated rings. The Morgan fingerprint density at radius 2 is 2.00 bits per heavy atom. The summed E-state index contributed by atoms with van der Waals surface area (Å²) in [5.74, 6) is 2.08. The van der Waals surface area contributed by atoms with Crippen LogP contribution in [0.25, 0.3) is 0 Å². The second-order valence-corrected chi connectivity index (χ2v) is 8.90. The maximum absolute atomic E-state index is 6.28. The lowest BCUT2D eigenvalue weighted by Gasteiger charge is -2.45. The molecule has 0 aromatic rings. The van der Waals surface area contributed by atoms with Gasteiger partial charge in [0.05, 0.1) is 5.60 Å². The Bertz CT molecular complexity index is 283. The normalized spacial score (nSPS) is 27.1. The summed E-state index contributed by atoms with van der Waals surface area (Å²) < 4.78 is 6.28. The van der Waals surface area contributed by atoms with Crippen molar-refractivity contribution in [3.05, 3.63) is 0 Å². The van der Waals surface area contributed by atoms with E-state index in [-0.39, 0.29) is 5.60 Å². The molecule has 1 spiro atoms. The van der Waals surface area contributed by atoms with E-state index in [1.165, 1.54) is 57.1 Å². The smallest absolute Gasteiger partial charge is 0.0685 e. The molecule has 1 saturated carbocycles. The number of nitrogens with one attached hydrogen (secondary N) is 1. The van der Waals surface area contributed by atoms with Crippen molar-refractivity contribution in [2.45, 2.75) is 89.0 Å². The first-order chi connectivity index (χ1) is 10.2. The SMILES string of the molecule is CCCNC(CSC(C)C)C1CCOC2(CCCCC2)C1. The molecule has 1 aliphatic heterocycles. The van der Waals surface area contributed by atoms with Crippen molar-refractivity contribution in [3.8, 4) is 0 Å². The third kappa shape index (κ3) is 5.44. The Balaban J connectivity index is 1.93. The van der Waals surface area contributed by atoms with Gasteiger partial charge >= 0.3 is 0 Å². The zero-order valence-electron chi connectivity index (χ0n) is 14.3. The Kier molecular flexibility index (Phi) is 7.37. The van der Waals surface area contributed by atoms with Crippen LogP contribution in [0.4, 0.5) is 0 Å². The predicted molar refractivity (Wildman–Crippen MR) is 94.2 cm³/mol. The summed E-state index contributed by atoms with van der Waals surface area (Å²) in [4.78, 5) is 0. The van der Waals surface area contributed by atoms with Crippen molar-refractivity contribution in [2.75, 3.05) is 18.9 Å². The van der Waals surface area contributed by atoms with Gasteiger partial charge in [0, 0.05) is 18.4 Å². The Morgan fingerprint density at radius 1 is 1.24 bits per heavy atom. The minimum Gasteiger partial charge on any atom is -0.375 e. The largest absolute Gasteiger partial charge is 0.375 e. The van der Waals surface area contributed by atoms with Crippen LogP contribution >= 0.6 is 11.8 Å². The van der Waals surface area contributed by atoms with Crippen molar-refractivity contribution in [3.63, 3.8) is 0 Å². The predicted octanol–water partition coefficient (Wildman–Crippen LogP) is 4.63. The van der Waals surface area contributed by atoms with Crippen LogP contribution in [0.15, 0.2) is 0 Å². The highest BCUT2D eigenvalue weighted by Gasteiger charge is 2.40. The quantitative estimate of drug-likeness (QED) is 0.740. The van der Waals surface area contributed by atoms with Crippen molar-refractivity contribution in [2.24, 2.45) is 5.92 Å². The highest BCUT2D eigenvalue weighted by molar-refractivity contribution is 7.99. The summed E-state index contributed by atoms with van der Waals surface area (Å²) in [6.07, 6.45) is 10.6. The molecule has 2 atom stereocenters. The first kappa shape index (κ1) is 17.6. The average molecular weight is 314 g/mol. The lowest BCUT2D eigenvalue weighted by Crippen LogP contribution is -2.49. The molecule has 0 amide bonds. The molecule has 1 N–H and O–H groups in total. The fourth-order valence-electron chi connectivity index (χ4n) is 3.94. The molecule has 0 bridgehead atoms. The van der Waals surface area contributed by atoms with Gasteiger partial charge in [0.1, 0.15) is 0 Å². The van der Waals surface area contributed by atoms with Crippen LogP contribution in [0, 0.1) is 5.92 Å². The van der Waals surface area contributed by atoms with Gasteiger partial charge in [-0.15, -0.1) is 0 Å². The third-order valence-electron chi connectivity index (χ3n) is 5.13. The molecule has 21 heavy (non-hydrogen) atoms. The summed E-state index contributed by atoms with van der Waals surface area (Å²) in [5, 5.41) is 4.58. The minimum absolute atomic E-state index is 0.246. The van der Waals surface area contributed by atoms with E-state index in [1.807, 2.05) is 0 Å². The zero-order valence-corrected chi connectivity index (χ0v) is 15.1. The number of hydrogen-bond acceptors (Lipinski definition) is 3. The molecule has 1 saturated heterocycles. The van der Waals surface area contributed by atoms with E-state index in [0.29, 0.717) is 6.04 Å². The first-order valence-electron chi connectivity index (χ1n) is 9.14. The average Bonchev–Trinajstić information content (AvgIpc) is 2.48. The molecule has 1 heterocycles. The van der Waals surface area contributed by atoms with E-state index in [0.717, 1.165) is 24.3 Å². The van der Waals surface area contributed by atoms with E-state index in [4.69, 9.17) is 4.74 Å². The molecule has 2 unspecified atom stereocenters. The Hall–Kier alpha value is 0.270. The van der Waals surface area contributed by atoms with E-state index in [2.05, 4.69) is 37.8 Å². The summed E-state index contributed by atoms with van der Waals surface area (Å²) in [5.41, 5.74) is 0.246. The van der Waals surface area contributed by atoms with Crippen LogP contribution in [-0.2, 0) is 4.74 Å². The second-order valence-electron chi connectivity index (χ2n) is 7.29. The molecular formula is C18H35NOS. The van der Waals surface area contributed by atoms with E-state index in [1.54, 1.807) is 0 Å². The summed E-state index contributed by atoms with van der Waals surface area (Å²) in [7, 11) is 0. The molecule has 0 aromatic heterocycles. The van der Waals surface area contributed by atoms with Gasteiger partial charge in [-0.05, 0) is 49.8 Å².